The maximum absolute atomic E-state index is 5.84. The van der Waals surface area contributed by atoms with Crippen LogP contribution in [0, 0.1) is 6.92 Å². The molecule has 1 atom stereocenters. The SMILES string of the molecule is Cc1ccc(C(C)(C)C)c(OC[C@@H]2CO2)c1. The molecule has 0 aromatic heterocycles. The average Bonchev–Trinajstić information content (AvgIpc) is 2.96. The Labute approximate surface area is 97.6 Å². The molecule has 2 rings (SSSR count). The molecule has 2 heteroatoms. The zero-order valence-electron chi connectivity index (χ0n) is 10.5. The third-order valence-electron chi connectivity index (χ3n) is 2.77. The fourth-order valence-electron chi connectivity index (χ4n) is 1.72. The largest absolute Gasteiger partial charge is 0.490 e. The van der Waals surface area contributed by atoms with E-state index >= 15 is 0 Å². The molecule has 1 aliphatic rings. The monoisotopic (exact) mass is 220 g/mol. The second-order valence-electron chi connectivity index (χ2n) is 5.52. The first-order valence-corrected chi connectivity index (χ1v) is 5.82. The molecule has 1 aliphatic heterocycles. The minimum atomic E-state index is 0.118. The van der Waals surface area contributed by atoms with Crippen LogP contribution in [-0.2, 0) is 10.2 Å². The second-order valence-corrected chi connectivity index (χ2v) is 5.52. The smallest absolute Gasteiger partial charge is 0.123 e. The highest BCUT2D eigenvalue weighted by Gasteiger charge is 2.25. The van der Waals surface area contributed by atoms with Crippen molar-refractivity contribution in [1.82, 2.24) is 0 Å². The van der Waals surface area contributed by atoms with Gasteiger partial charge in [0.25, 0.3) is 0 Å². The first-order valence-electron chi connectivity index (χ1n) is 5.82. The molecule has 0 radical (unpaired) electrons. The van der Waals surface area contributed by atoms with Crippen molar-refractivity contribution in [3.8, 4) is 5.75 Å². The highest BCUT2D eigenvalue weighted by atomic mass is 16.6. The molecule has 2 nitrogen and oxygen atoms in total. The maximum Gasteiger partial charge on any atom is 0.123 e. The minimum Gasteiger partial charge on any atom is -0.490 e. The van der Waals surface area contributed by atoms with Crippen LogP contribution >= 0.6 is 0 Å². The summed E-state index contributed by atoms with van der Waals surface area (Å²) in [6.07, 6.45) is 0.313. The fourth-order valence-corrected chi connectivity index (χ4v) is 1.72. The van der Waals surface area contributed by atoms with E-state index in [-0.39, 0.29) is 5.41 Å². The fraction of sp³-hybridized carbons (Fsp3) is 0.571. The summed E-state index contributed by atoms with van der Waals surface area (Å²) in [6, 6.07) is 6.42. The lowest BCUT2D eigenvalue weighted by atomic mass is 9.86. The quantitative estimate of drug-likeness (QED) is 0.730. The van der Waals surface area contributed by atoms with Crippen molar-refractivity contribution in [2.24, 2.45) is 0 Å². The van der Waals surface area contributed by atoms with Crippen LogP contribution in [0.2, 0.25) is 0 Å². The number of hydrogen-bond acceptors (Lipinski definition) is 2. The second kappa shape index (κ2) is 4.10. The first-order chi connectivity index (χ1) is 7.47. The third kappa shape index (κ3) is 2.76. The van der Waals surface area contributed by atoms with Crippen LogP contribution < -0.4 is 4.74 Å². The average molecular weight is 220 g/mol. The standard InChI is InChI=1S/C14H20O2/c1-10-5-6-12(14(2,3)4)13(7-10)16-9-11-8-15-11/h5-7,11H,8-9H2,1-4H3/t11-/m0/s1. The van der Waals surface area contributed by atoms with Gasteiger partial charge in [-0.05, 0) is 29.5 Å². The van der Waals surface area contributed by atoms with Gasteiger partial charge in [0.2, 0.25) is 0 Å². The Hall–Kier alpha value is -1.02. The Kier molecular flexibility index (Phi) is 2.94. The van der Waals surface area contributed by atoms with Gasteiger partial charge >= 0.3 is 0 Å². The zero-order valence-corrected chi connectivity index (χ0v) is 10.5. The molecule has 1 aromatic rings. The van der Waals surface area contributed by atoms with Crippen molar-refractivity contribution in [1.29, 1.82) is 0 Å². The number of benzene rings is 1. The predicted molar refractivity (Wildman–Crippen MR) is 65.1 cm³/mol. The van der Waals surface area contributed by atoms with Crippen LogP contribution in [0.4, 0.5) is 0 Å². The van der Waals surface area contributed by atoms with Gasteiger partial charge in [0.05, 0.1) is 6.61 Å². The number of hydrogen-bond donors (Lipinski definition) is 0. The van der Waals surface area contributed by atoms with Gasteiger partial charge in [-0.3, -0.25) is 0 Å². The molecule has 0 unspecified atom stereocenters. The Morgan fingerprint density at radius 1 is 1.38 bits per heavy atom. The van der Waals surface area contributed by atoms with Gasteiger partial charge in [0.1, 0.15) is 18.5 Å². The number of aryl methyl sites for hydroxylation is 1. The number of epoxide rings is 1. The van der Waals surface area contributed by atoms with Crippen molar-refractivity contribution in [3.05, 3.63) is 29.3 Å². The molecule has 0 bridgehead atoms. The van der Waals surface area contributed by atoms with E-state index in [1.807, 2.05) is 0 Å². The van der Waals surface area contributed by atoms with E-state index in [0.29, 0.717) is 12.7 Å². The lowest BCUT2D eigenvalue weighted by Crippen LogP contribution is -2.15. The summed E-state index contributed by atoms with van der Waals surface area (Å²) in [5.41, 5.74) is 2.62. The van der Waals surface area contributed by atoms with E-state index in [9.17, 15) is 0 Å². The molecule has 0 spiro atoms. The van der Waals surface area contributed by atoms with Crippen molar-refractivity contribution in [3.63, 3.8) is 0 Å². The van der Waals surface area contributed by atoms with E-state index in [1.165, 1.54) is 11.1 Å². The summed E-state index contributed by atoms with van der Waals surface area (Å²) in [7, 11) is 0. The first kappa shape index (κ1) is 11.5. The van der Waals surface area contributed by atoms with E-state index in [1.54, 1.807) is 0 Å². The van der Waals surface area contributed by atoms with Crippen LogP contribution in [0.1, 0.15) is 31.9 Å². The Morgan fingerprint density at radius 3 is 2.62 bits per heavy atom. The summed E-state index contributed by atoms with van der Waals surface area (Å²) < 4.78 is 11.0. The lowest BCUT2D eigenvalue weighted by molar-refractivity contribution is 0.258. The van der Waals surface area contributed by atoms with Crippen molar-refractivity contribution in [2.75, 3.05) is 13.2 Å². The molecular weight excluding hydrogens is 200 g/mol. The highest BCUT2D eigenvalue weighted by Crippen LogP contribution is 2.32. The van der Waals surface area contributed by atoms with Gasteiger partial charge in [-0.25, -0.2) is 0 Å². The third-order valence-corrected chi connectivity index (χ3v) is 2.77. The van der Waals surface area contributed by atoms with Crippen LogP contribution in [0.5, 0.6) is 5.75 Å². The Bertz CT molecular complexity index is 373. The van der Waals surface area contributed by atoms with E-state index in [2.05, 4.69) is 45.9 Å². The van der Waals surface area contributed by atoms with Gasteiger partial charge in [0, 0.05) is 0 Å². The van der Waals surface area contributed by atoms with E-state index in [0.717, 1.165) is 12.4 Å². The van der Waals surface area contributed by atoms with Gasteiger partial charge in [-0.15, -0.1) is 0 Å². The van der Waals surface area contributed by atoms with E-state index in [4.69, 9.17) is 9.47 Å². The van der Waals surface area contributed by atoms with Gasteiger partial charge in [-0.1, -0.05) is 32.9 Å². The molecule has 16 heavy (non-hydrogen) atoms. The van der Waals surface area contributed by atoms with Crippen LogP contribution in [-0.4, -0.2) is 19.3 Å². The normalized spacial score (nSPS) is 19.6. The van der Waals surface area contributed by atoms with Crippen molar-refractivity contribution >= 4 is 0 Å². The van der Waals surface area contributed by atoms with Crippen LogP contribution in [0.25, 0.3) is 0 Å². The maximum atomic E-state index is 5.84. The predicted octanol–water partition coefficient (Wildman–Crippen LogP) is 3.07. The summed E-state index contributed by atoms with van der Waals surface area (Å²) >= 11 is 0. The van der Waals surface area contributed by atoms with Gasteiger partial charge < -0.3 is 9.47 Å². The minimum absolute atomic E-state index is 0.118. The zero-order chi connectivity index (χ0) is 11.8. The van der Waals surface area contributed by atoms with Crippen molar-refractivity contribution < 1.29 is 9.47 Å². The Balaban J connectivity index is 2.20. The van der Waals surface area contributed by atoms with E-state index < -0.39 is 0 Å². The van der Waals surface area contributed by atoms with Crippen molar-refractivity contribution in [2.45, 2.75) is 39.2 Å². The molecule has 1 aromatic carbocycles. The van der Waals surface area contributed by atoms with Gasteiger partial charge in [-0.2, -0.15) is 0 Å². The molecule has 88 valence electrons. The van der Waals surface area contributed by atoms with Crippen LogP contribution in [0.3, 0.4) is 0 Å². The summed E-state index contributed by atoms with van der Waals surface area (Å²) in [5, 5.41) is 0. The van der Waals surface area contributed by atoms with Gasteiger partial charge in [0.15, 0.2) is 0 Å². The molecule has 0 saturated carbocycles. The summed E-state index contributed by atoms with van der Waals surface area (Å²) in [5.74, 6) is 1.00. The summed E-state index contributed by atoms with van der Waals surface area (Å²) in [4.78, 5) is 0. The van der Waals surface area contributed by atoms with Crippen LogP contribution in [0.15, 0.2) is 18.2 Å². The summed E-state index contributed by atoms with van der Waals surface area (Å²) in [6.45, 7) is 10.2. The number of ether oxygens (including phenoxy) is 2. The molecule has 1 heterocycles. The lowest BCUT2D eigenvalue weighted by Gasteiger charge is -2.23. The topological polar surface area (TPSA) is 21.8 Å². The molecule has 0 N–H and O–H groups in total. The number of rotatable bonds is 3. The molecule has 0 amide bonds. The molecule has 0 aliphatic carbocycles. The highest BCUT2D eigenvalue weighted by molar-refractivity contribution is 5.41. The molecular formula is C14H20O2. The molecule has 1 saturated heterocycles. The Morgan fingerprint density at radius 2 is 2.06 bits per heavy atom. The molecule has 1 fully saturated rings.